The van der Waals surface area contributed by atoms with Gasteiger partial charge in [0.25, 0.3) is 5.91 Å². The van der Waals surface area contributed by atoms with Gasteiger partial charge in [0.15, 0.2) is 5.65 Å². The fourth-order valence-corrected chi connectivity index (χ4v) is 4.24. The number of nitrogens with two attached hydrogens (primary N) is 1. The van der Waals surface area contributed by atoms with E-state index in [0.29, 0.717) is 22.8 Å². The van der Waals surface area contributed by atoms with Gasteiger partial charge in [0.1, 0.15) is 11.3 Å². The zero-order valence-electron chi connectivity index (χ0n) is 17.4. The van der Waals surface area contributed by atoms with Crippen molar-refractivity contribution in [2.75, 3.05) is 20.2 Å². The molecule has 7 nitrogen and oxygen atoms in total. The molecule has 3 aromatic rings. The number of hydrogen-bond acceptors (Lipinski definition) is 4. The number of primary amides is 1. The maximum Gasteiger partial charge on any atom is 0.254 e. The Hall–Kier alpha value is -3.48. The average molecular weight is 406 g/mol. The van der Waals surface area contributed by atoms with Gasteiger partial charge in [-0.05, 0) is 37.5 Å². The highest BCUT2D eigenvalue weighted by Gasteiger charge is 2.27. The number of H-pyrrole nitrogens is 1. The molecule has 0 aliphatic carbocycles. The molecule has 2 aromatic heterocycles. The van der Waals surface area contributed by atoms with Crippen molar-refractivity contribution in [1.29, 1.82) is 0 Å². The van der Waals surface area contributed by atoms with Crippen LogP contribution >= 0.6 is 0 Å². The van der Waals surface area contributed by atoms with Gasteiger partial charge in [-0.15, -0.1) is 0 Å². The van der Waals surface area contributed by atoms with Gasteiger partial charge < -0.3 is 15.4 Å². The number of fused-ring (bicyclic) bond motifs is 1. The molecular weight excluding hydrogens is 378 g/mol. The van der Waals surface area contributed by atoms with Crippen LogP contribution in [0, 0.1) is 6.92 Å². The van der Waals surface area contributed by atoms with E-state index in [2.05, 4.69) is 28.1 Å². The summed E-state index contributed by atoms with van der Waals surface area (Å²) >= 11 is 0. The van der Waals surface area contributed by atoms with Crippen molar-refractivity contribution in [2.45, 2.75) is 25.7 Å². The number of aromatic nitrogens is 3. The van der Waals surface area contributed by atoms with Crippen molar-refractivity contribution < 1.29 is 9.53 Å². The van der Waals surface area contributed by atoms with Gasteiger partial charge in [0, 0.05) is 30.3 Å². The van der Waals surface area contributed by atoms with Gasteiger partial charge in [-0.3, -0.25) is 9.89 Å². The highest BCUT2D eigenvalue weighted by molar-refractivity contribution is 6.04. The lowest BCUT2D eigenvalue weighted by atomic mass is 9.94. The summed E-state index contributed by atoms with van der Waals surface area (Å²) in [5.41, 5.74) is 11.2. The number of ether oxygens (including phenoxy) is 1. The smallest absolute Gasteiger partial charge is 0.254 e. The highest BCUT2D eigenvalue weighted by atomic mass is 16.5. The third kappa shape index (κ3) is 3.26. The average Bonchev–Trinajstić information content (AvgIpc) is 3.33. The Morgan fingerprint density at radius 2 is 2.10 bits per heavy atom. The molecule has 156 valence electrons. The Labute approximate surface area is 175 Å². The number of amides is 1. The first-order valence-corrected chi connectivity index (χ1v) is 10.0. The van der Waals surface area contributed by atoms with E-state index >= 15 is 0 Å². The number of allylic oxidation sites excluding steroid dienone is 1. The van der Waals surface area contributed by atoms with E-state index < -0.39 is 5.91 Å². The Bertz CT molecular complexity index is 1130. The normalized spacial score (nSPS) is 14.8. The number of likely N-dealkylation sites (tertiary alicyclic amines) is 1. The minimum Gasteiger partial charge on any atom is -0.496 e. The Balaban J connectivity index is 1.74. The number of nitrogens with one attached hydrogen (secondary N) is 1. The number of benzene rings is 1. The summed E-state index contributed by atoms with van der Waals surface area (Å²) in [7, 11) is 1.63. The van der Waals surface area contributed by atoms with Crippen LogP contribution in [-0.4, -0.2) is 45.6 Å². The van der Waals surface area contributed by atoms with Crippen LogP contribution in [0.25, 0.3) is 16.9 Å². The molecule has 0 spiro atoms. The number of imidazole rings is 1. The molecule has 0 bridgehead atoms. The molecule has 3 N–H and O–H groups in total. The topological polar surface area (TPSA) is 88.7 Å². The van der Waals surface area contributed by atoms with Crippen LogP contribution < -0.4 is 10.5 Å². The lowest BCUT2D eigenvalue weighted by molar-refractivity contribution is 0.100. The second-order valence-electron chi connectivity index (χ2n) is 7.71. The fraction of sp³-hybridized carbons (Fsp3) is 0.304. The third-order valence-corrected chi connectivity index (χ3v) is 5.98. The van der Waals surface area contributed by atoms with E-state index in [1.54, 1.807) is 13.2 Å². The minimum atomic E-state index is -0.509. The van der Waals surface area contributed by atoms with E-state index in [4.69, 9.17) is 10.5 Å². The molecule has 1 aromatic carbocycles. The van der Waals surface area contributed by atoms with Crippen LogP contribution in [0.5, 0.6) is 5.75 Å². The molecule has 0 atom stereocenters. The molecule has 3 heterocycles. The molecule has 30 heavy (non-hydrogen) atoms. The Kier molecular flexibility index (Phi) is 5.11. The van der Waals surface area contributed by atoms with Crippen molar-refractivity contribution in [1.82, 2.24) is 19.5 Å². The lowest BCUT2D eigenvalue weighted by Gasteiger charge is -2.33. The van der Waals surface area contributed by atoms with Crippen molar-refractivity contribution in [2.24, 2.45) is 5.73 Å². The van der Waals surface area contributed by atoms with Crippen LogP contribution in [0.15, 0.2) is 49.3 Å². The number of aromatic amines is 1. The Morgan fingerprint density at radius 3 is 2.73 bits per heavy atom. The molecule has 1 amide bonds. The first-order valence-electron chi connectivity index (χ1n) is 10.0. The van der Waals surface area contributed by atoms with E-state index in [0.717, 1.165) is 54.2 Å². The van der Waals surface area contributed by atoms with Gasteiger partial charge in [-0.25, -0.2) is 9.50 Å². The standard InChI is InChI=1S/C23H27N5O2/c1-5-15(3)27-10-8-16(9-11-27)18-13-25-23-20(22(24)29)21(26-28(18)23)17-7-6-14(2)19(12-17)30-4/h5-7,12-13,16,26H,1,3,8-11H2,2,4H3,(H2,24,29). The van der Waals surface area contributed by atoms with Crippen LogP contribution in [0.2, 0.25) is 0 Å². The first kappa shape index (κ1) is 19.8. The van der Waals surface area contributed by atoms with Crippen molar-refractivity contribution in [3.8, 4) is 17.0 Å². The maximum atomic E-state index is 12.3. The fourth-order valence-electron chi connectivity index (χ4n) is 4.24. The molecule has 1 aliphatic rings. The van der Waals surface area contributed by atoms with Crippen molar-refractivity contribution in [3.63, 3.8) is 0 Å². The predicted molar refractivity (Wildman–Crippen MR) is 118 cm³/mol. The van der Waals surface area contributed by atoms with Gasteiger partial charge in [-0.1, -0.05) is 25.3 Å². The number of rotatable bonds is 6. The molecule has 1 aliphatic heterocycles. The van der Waals surface area contributed by atoms with E-state index in [1.165, 1.54) is 0 Å². The summed E-state index contributed by atoms with van der Waals surface area (Å²) < 4.78 is 7.36. The molecular formula is C23H27N5O2. The van der Waals surface area contributed by atoms with Gasteiger partial charge in [-0.2, -0.15) is 0 Å². The SMILES string of the molecule is C=CC(=C)N1CCC(c2cnc3c(C(N)=O)c(-c4ccc(C)c(OC)c4)[nH]n23)CC1. The van der Waals surface area contributed by atoms with Crippen molar-refractivity contribution >= 4 is 11.6 Å². The molecule has 1 fully saturated rings. The summed E-state index contributed by atoms with van der Waals surface area (Å²) in [6.07, 6.45) is 5.59. The summed E-state index contributed by atoms with van der Waals surface area (Å²) in [5.74, 6) is 0.573. The van der Waals surface area contributed by atoms with Crippen LogP contribution in [0.4, 0.5) is 0 Å². The van der Waals surface area contributed by atoms with E-state index in [9.17, 15) is 4.79 Å². The monoisotopic (exact) mass is 405 g/mol. The van der Waals surface area contributed by atoms with E-state index in [-0.39, 0.29) is 0 Å². The first-order chi connectivity index (χ1) is 14.4. The third-order valence-electron chi connectivity index (χ3n) is 5.98. The van der Waals surface area contributed by atoms with Gasteiger partial charge in [0.2, 0.25) is 0 Å². The maximum absolute atomic E-state index is 12.3. The second kappa shape index (κ2) is 7.74. The molecule has 0 radical (unpaired) electrons. The summed E-state index contributed by atoms with van der Waals surface area (Å²) in [5, 5.41) is 3.37. The van der Waals surface area contributed by atoms with Crippen LogP contribution in [0.3, 0.4) is 0 Å². The predicted octanol–water partition coefficient (Wildman–Crippen LogP) is 3.62. The number of hydrogen-bond donors (Lipinski definition) is 2. The van der Waals surface area contributed by atoms with Crippen LogP contribution in [0.1, 0.15) is 40.4 Å². The number of aryl methyl sites for hydroxylation is 1. The lowest BCUT2D eigenvalue weighted by Crippen LogP contribution is -2.31. The number of methoxy groups -OCH3 is 1. The number of carbonyl (C=O) groups excluding carboxylic acids is 1. The molecule has 0 saturated carbocycles. The molecule has 4 rings (SSSR count). The highest BCUT2D eigenvalue weighted by Crippen LogP contribution is 2.34. The zero-order valence-corrected chi connectivity index (χ0v) is 17.4. The largest absolute Gasteiger partial charge is 0.496 e. The quantitative estimate of drug-likeness (QED) is 0.613. The van der Waals surface area contributed by atoms with E-state index in [1.807, 2.05) is 35.8 Å². The number of piperidine rings is 1. The molecule has 0 unspecified atom stereocenters. The second-order valence-corrected chi connectivity index (χ2v) is 7.71. The number of carbonyl (C=O) groups is 1. The van der Waals surface area contributed by atoms with Crippen LogP contribution in [-0.2, 0) is 0 Å². The summed E-state index contributed by atoms with van der Waals surface area (Å²) in [6, 6.07) is 5.83. The number of nitrogens with zero attached hydrogens (tertiary/aromatic N) is 3. The summed E-state index contributed by atoms with van der Waals surface area (Å²) in [6.45, 7) is 11.7. The molecule has 1 saturated heterocycles. The Morgan fingerprint density at radius 1 is 1.37 bits per heavy atom. The molecule has 7 heteroatoms. The minimum absolute atomic E-state index is 0.327. The summed E-state index contributed by atoms with van der Waals surface area (Å²) in [4.78, 5) is 19.1. The van der Waals surface area contributed by atoms with Crippen molar-refractivity contribution in [3.05, 3.63) is 66.1 Å². The van der Waals surface area contributed by atoms with Gasteiger partial charge >= 0.3 is 0 Å². The van der Waals surface area contributed by atoms with Gasteiger partial charge in [0.05, 0.1) is 24.7 Å². The zero-order chi connectivity index (χ0) is 21.4.